The average molecular weight is 322 g/mol. The number of hydrogen-bond acceptors (Lipinski definition) is 4. The molecule has 4 rings (SSSR count). The maximum absolute atomic E-state index is 9.62. The van der Waals surface area contributed by atoms with Gasteiger partial charge in [-0.1, -0.05) is 12.1 Å². The van der Waals surface area contributed by atoms with E-state index in [1.807, 2.05) is 12.3 Å². The van der Waals surface area contributed by atoms with Crippen molar-refractivity contribution in [1.29, 1.82) is 0 Å². The fourth-order valence-corrected chi connectivity index (χ4v) is 3.39. The van der Waals surface area contributed by atoms with Crippen LogP contribution in [0.2, 0.25) is 0 Å². The summed E-state index contributed by atoms with van der Waals surface area (Å²) in [5.41, 5.74) is 2.39. The van der Waals surface area contributed by atoms with E-state index < -0.39 is 0 Å². The lowest BCUT2D eigenvalue weighted by atomic mass is 9.93. The molecule has 0 bridgehead atoms. The zero-order chi connectivity index (χ0) is 16.5. The number of aromatic nitrogens is 3. The van der Waals surface area contributed by atoms with Crippen molar-refractivity contribution in [2.45, 2.75) is 44.8 Å². The highest BCUT2D eigenvalue weighted by atomic mass is 16.3. The fourth-order valence-electron chi connectivity index (χ4n) is 3.39. The van der Waals surface area contributed by atoms with Crippen molar-refractivity contribution >= 4 is 16.9 Å². The minimum absolute atomic E-state index is 0.148. The highest BCUT2D eigenvalue weighted by Crippen LogP contribution is 2.23. The molecule has 0 atom stereocenters. The number of aliphatic hydroxyl groups excluding tert-OH is 1. The van der Waals surface area contributed by atoms with Gasteiger partial charge in [-0.2, -0.15) is 4.98 Å². The van der Waals surface area contributed by atoms with E-state index >= 15 is 0 Å². The van der Waals surface area contributed by atoms with Crippen LogP contribution in [0.5, 0.6) is 0 Å². The predicted octanol–water partition coefficient (Wildman–Crippen LogP) is 3.44. The smallest absolute Gasteiger partial charge is 0.224 e. The third-order valence-corrected chi connectivity index (χ3v) is 4.77. The zero-order valence-electron chi connectivity index (χ0n) is 13.8. The Balaban J connectivity index is 1.61. The van der Waals surface area contributed by atoms with Gasteiger partial charge in [-0.15, -0.1) is 0 Å². The van der Waals surface area contributed by atoms with Crippen LogP contribution in [-0.4, -0.2) is 31.8 Å². The number of anilines is 1. The van der Waals surface area contributed by atoms with Crippen molar-refractivity contribution in [2.75, 3.05) is 5.32 Å². The maximum Gasteiger partial charge on any atom is 0.224 e. The van der Waals surface area contributed by atoms with Gasteiger partial charge in [0.05, 0.1) is 11.6 Å². The topological polar surface area (TPSA) is 63.0 Å². The first-order valence-corrected chi connectivity index (χ1v) is 8.55. The molecule has 0 radical (unpaired) electrons. The number of fused-ring (bicyclic) bond motifs is 1. The summed E-state index contributed by atoms with van der Waals surface area (Å²) in [6, 6.07) is 10.8. The molecule has 0 saturated heterocycles. The van der Waals surface area contributed by atoms with Gasteiger partial charge in [-0.25, -0.2) is 4.98 Å². The quantitative estimate of drug-likeness (QED) is 0.775. The minimum atomic E-state index is -0.148. The average Bonchev–Trinajstić information content (AvgIpc) is 3.00. The molecule has 124 valence electrons. The molecule has 2 heterocycles. The summed E-state index contributed by atoms with van der Waals surface area (Å²) in [7, 11) is 0. The number of benzene rings is 1. The van der Waals surface area contributed by atoms with Crippen molar-refractivity contribution in [2.24, 2.45) is 0 Å². The van der Waals surface area contributed by atoms with E-state index in [1.165, 1.54) is 10.9 Å². The number of nitrogens with zero attached hydrogens (tertiary/aromatic N) is 3. The molecule has 5 heteroatoms. The molecule has 1 fully saturated rings. The van der Waals surface area contributed by atoms with E-state index in [0.717, 1.165) is 37.0 Å². The van der Waals surface area contributed by atoms with Crippen LogP contribution in [-0.2, 0) is 0 Å². The van der Waals surface area contributed by atoms with Crippen LogP contribution in [0.1, 0.15) is 31.2 Å². The lowest BCUT2D eigenvalue weighted by molar-refractivity contribution is 0.126. The van der Waals surface area contributed by atoms with Crippen LogP contribution >= 0.6 is 0 Å². The monoisotopic (exact) mass is 322 g/mol. The summed E-state index contributed by atoms with van der Waals surface area (Å²) < 4.78 is 2.10. The zero-order valence-corrected chi connectivity index (χ0v) is 13.8. The molecule has 2 N–H and O–H groups in total. The largest absolute Gasteiger partial charge is 0.393 e. The second-order valence-corrected chi connectivity index (χ2v) is 6.64. The predicted molar refractivity (Wildman–Crippen MR) is 95.5 cm³/mol. The third-order valence-electron chi connectivity index (χ3n) is 4.77. The Hall–Kier alpha value is -2.40. The van der Waals surface area contributed by atoms with Crippen LogP contribution in [0.15, 0.2) is 42.7 Å². The number of aliphatic hydroxyl groups is 1. The van der Waals surface area contributed by atoms with Crippen molar-refractivity contribution in [3.05, 3.63) is 48.3 Å². The molecule has 0 amide bonds. The minimum Gasteiger partial charge on any atom is -0.393 e. The second-order valence-electron chi connectivity index (χ2n) is 6.64. The standard InChI is InChI=1S/C19H22N4O/c1-13-2-3-14-9-11-23(17(14)12-13)18-8-10-20-19(22-18)21-15-4-6-16(24)7-5-15/h2-3,8-12,15-16,24H,4-7H2,1H3,(H,20,21,22). The number of nitrogens with one attached hydrogen (secondary N) is 1. The molecule has 1 aromatic carbocycles. The van der Waals surface area contributed by atoms with E-state index in [0.29, 0.717) is 12.0 Å². The summed E-state index contributed by atoms with van der Waals surface area (Å²) in [5, 5.41) is 14.2. The summed E-state index contributed by atoms with van der Waals surface area (Å²) in [4.78, 5) is 9.05. The fraction of sp³-hybridized carbons (Fsp3) is 0.368. The Morgan fingerprint density at radius 3 is 2.79 bits per heavy atom. The second kappa shape index (κ2) is 6.24. The van der Waals surface area contributed by atoms with Crippen LogP contribution in [0.4, 0.5) is 5.95 Å². The third kappa shape index (κ3) is 2.99. The van der Waals surface area contributed by atoms with Gasteiger partial charge in [0.1, 0.15) is 5.82 Å². The molecule has 0 unspecified atom stereocenters. The van der Waals surface area contributed by atoms with E-state index in [9.17, 15) is 5.11 Å². The van der Waals surface area contributed by atoms with Gasteiger partial charge in [0, 0.05) is 23.8 Å². The van der Waals surface area contributed by atoms with E-state index in [2.05, 4.69) is 51.0 Å². The van der Waals surface area contributed by atoms with E-state index in [-0.39, 0.29) is 6.10 Å². The van der Waals surface area contributed by atoms with E-state index in [1.54, 1.807) is 6.20 Å². The molecule has 0 aliphatic heterocycles. The van der Waals surface area contributed by atoms with Gasteiger partial charge in [-0.05, 0) is 56.4 Å². The molecule has 1 saturated carbocycles. The van der Waals surface area contributed by atoms with Gasteiger partial charge in [0.15, 0.2) is 0 Å². The van der Waals surface area contributed by atoms with Gasteiger partial charge < -0.3 is 15.0 Å². The molecule has 3 aromatic rings. The van der Waals surface area contributed by atoms with Crippen LogP contribution in [0.25, 0.3) is 16.7 Å². The number of aryl methyl sites for hydroxylation is 1. The van der Waals surface area contributed by atoms with Gasteiger partial charge in [0.2, 0.25) is 5.95 Å². The maximum atomic E-state index is 9.62. The number of hydrogen-bond donors (Lipinski definition) is 2. The Bertz CT molecular complexity index is 849. The van der Waals surface area contributed by atoms with Crippen molar-refractivity contribution in [3.8, 4) is 5.82 Å². The highest BCUT2D eigenvalue weighted by Gasteiger charge is 2.20. The summed E-state index contributed by atoms with van der Waals surface area (Å²) in [5.74, 6) is 1.52. The lowest BCUT2D eigenvalue weighted by Crippen LogP contribution is -2.29. The summed E-state index contributed by atoms with van der Waals surface area (Å²) >= 11 is 0. The Kier molecular flexibility index (Phi) is 3.94. The highest BCUT2D eigenvalue weighted by molar-refractivity contribution is 5.82. The SMILES string of the molecule is Cc1ccc2ccn(-c3ccnc(NC4CCC(O)CC4)n3)c2c1. The molecule has 2 aromatic heterocycles. The molecule has 5 nitrogen and oxygen atoms in total. The molecule has 0 spiro atoms. The molecule has 1 aliphatic rings. The van der Waals surface area contributed by atoms with Crippen LogP contribution in [0, 0.1) is 6.92 Å². The molecule has 24 heavy (non-hydrogen) atoms. The van der Waals surface area contributed by atoms with Crippen LogP contribution in [0.3, 0.4) is 0 Å². The lowest BCUT2D eigenvalue weighted by Gasteiger charge is -2.26. The van der Waals surface area contributed by atoms with Crippen molar-refractivity contribution < 1.29 is 5.11 Å². The summed E-state index contributed by atoms with van der Waals surface area (Å²) in [6.07, 6.45) is 7.31. The first kappa shape index (κ1) is 15.1. The Labute approximate surface area is 141 Å². The van der Waals surface area contributed by atoms with Gasteiger partial charge >= 0.3 is 0 Å². The normalized spacial score (nSPS) is 21.1. The van der Waals surface area contributed by atoms with E-state index in [4.69, 9.17) is 0 Å². The number of rotatable bonds is 3. The van der Waals surface area contributed by atoms with Crippen LogP contribution < -0.4 is 5.32 Å². The Morgan fingerprint density at radius 2 is 1.96 bits per heavy atom. The first-order chi connectivity index (χ1) is 11.7. The molecular weight excluding hydrogens is 300 g/mol. The summed E-state index contributed by atoms with van der Waals surface area (Å²) in [6.45, 7) is 2.10. The van der Waals surface area contributed by atoms with Crippen molar-refractivity contribution in [1.82, 2.24) is 14.5 Å². The first-order valence-electron chi connectivity index (χ1n) is 8.55. The molecule has 1 aliphatic carbocycles. The molecular formula is C19H22N4O. The Morgan fingerprint density at radius 1 is 1.12 bits per heavy atom. The van der Waals surface area contributed by atoms with Gasteiger partial charge in [0.25, 0.3) is 0 Å². The van der Waals surface area contributed by atoms with Gasteiger partial charge in [-0.3, -0.25) is 0 Å². The van der Waals surface area contributed by atoms with Crippen molar-refractivity contribution in [3.63, 3.8) is 0 Å².